The van der Waals surface area contributed by atoms with Crippen molar-refractivity contribution in [1.82, 2.24) is 15.1 Å². The number of nitrogens with zero attached hydrogens (tertiary/aromatic N) is 2. The second-order valence-electron chi connectivity index (χ2n) is 8.65. The van der Waals surface area contributed by atoms with E-state index in [4.69, 9.17) is 9.47 Å². The first kappa shape index (κ1) is 18.1. The Morgan fingerprint density at radius 3 is 2.96 bits per heavy atom. The molecule has 4 heterocycles. The lowest BCUT2D eigenvalue weighted by atomic mass is 9.76. The van der Waals surface area contributed by atoms with Crippen LogP contribution in [-0.2, 0) is 6.42 Å². The molecule has 1 aromatic carbocycles. The monoisotopic (exact) mass is 385 g/mol. The van der Waals surface area contributed by atoms with Crippen molar-refractivity contribution in [2.75, 3.05) is 33.0 Å². The molecule has 0 aliphatic carbocycles. The molecule has 152 valence electrons. The molecule has 0 saturated carbocycles. The fraction of sp³-hybridized carbons (Fsp3) is 0.682. The summed E-state index contributed by atoms with van der Waals surface area (Å²) in [6.45, 7) is 6.35. The second-order valence-corrected chi connectivity index (χ2v) is 8.65. The van der Waals surface area contributed by atoms with E-state index in [1.807, 2.05) is 0 Å². The minimum atomic E-state index is 0.137. The molecular formula is C22H31N3O3. The summed E-state index contributed by atoms with van der Waals surface area (Å²) in [5, 5.41) is 3.15. The molecule has 0 spiro atoms. The smallest absolute Gasteiger partial charge is 0.317 e. The average Bonchev–Trinajstić information content (AvgIpc) is 3.18. The van der Waals surface area contributed by atoms with Crippen molar-refractivity contribution in [1.29, 1.82) is 0 Å². The number of hydrogen-bond donors (Lipinski definition) is 1. The molecule has 0 radical (unpaired) electrons. The van der Waals surface area contributed by atoms with Crippen LogP contribution in [0.15, 0.2) is 12.1 Å². The van der Waals surface area contributed by atoms with Crippen molar-refractivity contribution < 1.29 is 14.3 Å². The molecule has 4 aliphatic rings. The van der Waals surface area contributed by atoms with Gasteiger partial charge in [0.25, 0.3) is 0 Å². The fourth-order valence-corrected chi connectivity index (χ4v) is 5.56. The number of rotatable bonds is 3. The SMILES string of the molecule is CCCCNC(=O)N1CCCC2CN3CCc4cc5c(cc4C3CC21)OCO5. The van der Waals surface area contributed by atoms with Crippen LogP contribution in [0, 0.1) is 5.92 Å². The number of urea groups is 1. The third-order valence-electron chi connectivity index (χ3n) is 7.02. The highest BCUT2D eigenvalue weighted by molar-refractivity contribution is 5.74. The molecule has 3 unspecified atom stereocenters. The van der Waals surface area contributed by atoms with Crippen LogP contribution in [0.4, 0.5) is 4.79 Å². The summed E-state index contributed by atoms with van der Waals surface area (Å²) in [7, 11) is 0. The van der Waals surface area contributed by atoms with Gasteiger partial charge in [-0.2, -0.15) is 0 Å². The summed E-state index contributed by atoms with van der Waals surface area (Å²) >= 11 is 0. The molecule has 6 heteroatoms. The summed E-state index contributed by atoms with van der Waals surface area (Å²) in [6.07, 6.45) is 6.61. The van der Waals surface area contributed by atoms with Gasteiger partial charge in [-0.05, 0) is 61.3 Å². The summed E-state index contributed by atoms with van der Waals surface area (Å²) in [4.78, 5) is 17.6. The van der Waals surface area contributed by atoms with Crippen LogP contribution < -0.4 is 14.8 Å². The van der Waals surface area contributed by atoms with Gasteiger partial charge in [-0.1, -0.05) is 13.3 Å². The number of carbonyl (C=O) groups excluding carboxylic acids is 1. The minimum Gasteiger partial charge on any atom is -0.454 e. The Morgan fingerprint density at radius 1 is 1.25 bits per heavy atom. The van der Waals surface area contributed by atoms with Gasteiger partial charge in [0, 0.05) is 38.3 Å². The largest absolute Gasteiger partial charge is 0.454 e. The lowest BCUT2D eigenvalue weighted by Crippen LogP contribution is -2.59. The zero-order valence-electron chi connectivity index (χ0n) is 16.8. The molecule has 6 nitrogen and oxygen atoms in total. The Labute approximate surface area is 167 Å². The van der Waals surface area contributed by atoms with Crippen LogP contribution in [0.5, 0.6) is 11.5 Å². The number of hydrogen-bond acceptors (Lipinski definition) is 4. The van der Waals surface area contributed by atoms with Gasteiger partial charge < -0.3 is 19.7 Å². The lowest BCUT2D eigenvalue weighted by Gasteiger charge is -2.52. The molecule has 28 heavy (non-hydrogen) atoms. The maximum atomic E-state index is 12.9. The van der Waals surface area contributed by atoms with E-state index in [2.05, 4.69) is 34.2 Å². The first-order valence-corrected chi connectivity index (χ1v) is 11.0. The number of ether oxygens (including phenoxy) is 2. The zero-order chi connectivity index (χ0) is 19.1. The van der Waals surface area contributed by atoms with Gasteiger partial charge in [0.1, 0.15) is 0 Å². The molecule has 3 atom stereocenters. The maximum Gasteiger partial charge on any atom is 0.317 e. The number of carbonyl (C=O) groups is 1. The van der Waals surface area contributed by atoms with Gasteiger partial charge in [0.15, 0.2) is 11.5 Å². The third-order valence-corrected chi connectivity index (χ3v) is 7.02. The molecule has 0 bridgehead atoms. The molecule has 4 aliphatic heterocycles. The summed E-state index contributed by atoms with van der Waals surface area (Å²) in [6, 6.07) is 5.23. The standard InChI is InChI=1S/C22H31N3O3/c1-2-3-7-23-22(26)25-8-4-5-16-13-24-9-6-15-10-20-21(28-14-27-20)11-17(15)19(24)12-18(16)25/h10-11,16,18-19H,2-9,12-14H2,1H3,(H,23,26). The fourth-order valence-electron chi connectivity index (χ4n) is 5.56. The van der Waals surface area contributed by atoms with Gasteiger partial charge in [-0.15, -0.1) is 0 Å². The first-order valence-electron chi connectivity index (χ1n) is 11.0. The van der Waals surface area contributed by atoms with Gasteiger partial charge >= 0.3 is 6.03 Å². The number of likely N-dealkylation sites (tertiary alicyclic amines) is 1. The van der Waals surface area contributed by atoms with Crippen molar-refractivity contribution in [2.24, 2.45) is 5.92 Å². The number of piperidine rings is 2. The molecular weight excluding hydrogens is 354 g/mol. The van der Waals surface area contributed by atoms with E-state index in [0.29, 0.717) is 24.8 Å². The van der Waals surface area contributed by atoms with E-state index in [1.54, 1.807) is 0 Å². The van der Waals surface area contributed by atoms with Crippen molar-refractivity contribution in [3.8, 4) is 11.5 Å². The summed E-state index contributed by atoms with van der Waals surface area (Å²) < 4.78 is 11.2. The van der Waals surface area contributed by atoms with Crippen molar-refractivity contribution >= 4 is 6.03 Å². The Balaban J connectivity index is 1.38. The molecule has 2 fully saturated rings. The van der Waals surface area contributed by atoms with Gasteiger partial charge in [0.2, 0.25) is 6.79 Å². The molecule has 2 amide bonds. The zero-order valence-corrected chi connectivity index (χ0v) is 16.8. The second kappa shape index (κ2) is 7.47. The number of benzene rings is 1. The van der Waals surface area contributed by atoms with Crippen molar-refractivity contribution in [3.05, 3.63) is 23.3 Å². The molecule has 1 aromatic rings. The predicted molar refractivity (Wildman–Crippen MR) is 107 cm³/mol. The van der Waals surface area contributed by atoms with Crippen LogP contribution in [0.2, 0.25) is 0 Å². The Kier molecular flexibility index (Phi) is 4.83. The number of fused-ring (bicyclic) bond motifs is 5. The van der Waals surface area contributed by atoms with E-state index in [0.717, 1.165) is 69.8 Å². The molecule has 0 aromatic heterocycles. The van der Waals surface area contributed by atoms with Crippen molar-refractivity contribution in [3.63, 3.8) is 0 Å². The third kappa shape index (κ3) is 3.11. The summed E-state index contributed by atoms with van der Waals surface area (Å²) in [5.41, 5.74) is 2.77. The Bertz CT molecular complexity index is 753. The van der Waals surface area contributed by atoms with Crippen LogP contribution in [0.1, 0.15) is 56.2 Å². The highest BCUT2D eigenvalue weighted by atomic mass is 16.7. The van der Waals surface area contributed by atoms with Gasteiger partial charge in [0.05, 0.1) is 0 Å². The maximum absolute atomic E-state index is 12.9. The molecule has 2 saturated heterocycles. The molecule has 5 rings (SSSR count). The summed E-state index contributed by atoms with van der Waals surface area (Å²) in [5.74, 6) is 2.36. The first-order chi connectivity index (χ1) is 13.7. The van der Waals surface area contributed by atoms with Crippen molar-refractivity contribution in [2.45, 2.75) is 57.5 Å². The van der Waals surface area contributed by atoms with Crippen LogP contribution in [-0.4, -0.2) is 54.8 Å². The van der Waals surface area contributed by atoms with Gasteiger partial charge in [-0.3, -0.25) is 4.90 Å². The minimum absolute atomic E-state index is 0.137. The van der Waals surface area contributed by atoms with Crippen LogP contribution in [0.3, 0.4) is 0 Å². The topological polar surface area (TPSA) is 54.0 Å². The van der Waals surface area contributed by atoms with Crippen LogP contribution >= 0.6 is 0 Å². The molecule has 1 N–H and O–H groups in total. The van der Waals surface area contributed by atoms with E-state index in [9.17, 15) is 4.79 Å². The van der Waals surface area contributed by atoms with Gasteiger partial charge in [-0.25, -0.2) is 4.79 Å². The number of nitrogens with one attached hydrogen (secondary N) is 1. The highest BCUT2D eigenvalue weighted by Gasteiger charge is 2.44. The Morgan fingerprint density at radius 2 is 2.11 bits per heavy atom. The number of amides is 2. The van der Waals surface area contributed by atoms with E-state index >= 15 is 0 Å². The van der Waals surface area contributed by atoms with E-state index < -0.39 is 0 Å². The normalized spacial score (nSPS) is 28.3. The van der Waals surface area contributed by atoms with Crippen LogP contribution in [0.25, 0.3) is 0 Å². The number of unbranched alkanes of at least 4 members (excludes halogenated alkanes) is 1. The Hall–Kier alpha value is -1.95. The predicted octanol–water partition coefficient (Wildman–Crippen LogP) is 3.31. The van der Waals surface area contributed by atoms with E-state index in [-0.39, 0.29) is 6.03 Å². The quantitative estimate of drug-likeness (QED) is 0.811. The highest BCUT2D eigenvalue weighted by Crippen LogP contribution is 2.46. The average molecular weight is 386 g/mol. The van der Waals surface area contributed by atoms with E-state index in [1.165, 1.54) is 17.5 Å². The lowest BCUT2D eigenvalue weighted by molar-refractivity contribution is 0.00571.